The summed E-state index contributed by atoms with van der Waals surface area (Å²) in [6.07, 6.45) is 3.89. The maximum Gasteiger partial charge on any atom is 0.120 e. The number of rotatable bonds is 6. The van der Waals surface area contributed by atoms with Crippen molar-refractivity contribution in [3.63, 3.8) is 0 Å². The lowest BCUT2D eigenvalue weighted by Gasteiger charge is -2.18. The van der Waals surface area contributed by atoms with E-state index in [-0.39, 0.29) is 6.10 Å². The smallest absolute Gasteiger partial charge is 0.120 e. The van der Waals surface area contributed by atoms with Gasteiger partial charge in [-0.05, 0) is 49.9 Å². The van der Waals surface area contributed by atoms with E-state index in [1.165, 1.54) is 12.8 Å². The fraction of sp³-hybridized carbons (Fsp3) is 0.571. The fourth-order valence-electron chi connectivity index (χ4n) is 1.74. The molecule has 1 unspecified atom stereocenters. The summed E-state index contributed by atoms with van der Waals surface area (Å²) in [7, 11) is 0. The molecule has 0 amide bonds. The van der Waals surface area contributed by atoms with Gasteiger partial charge in [-0.3, -0.25) is 0 Å². The molecule has 1 aliphatic carbocycles. The van der Waals surface area contributed by atoms with Gasteiger partial charge in [-0.25, -0.2) is 0 Å². The minimum atomic E-state index is 0.246. The van der Waals surface area contributed by atoms with E-state index >= 15 is 0 Å². The molecule has 1 N–H and O–H groups in total. The number of nitrogens with one attached hydrogen (secondary N) is 1. The fourth-order valence-corrected chi connectivity index (χ4v) is 1.86. The van der Waals surface area contributed by atoms with Crippen LogP contribution in [0.4, 0.5) is 0 Å². The lowest BCUT2D eigenvalue weighted by molar-refractivity contribution is 0.193. The summed E-state index contributed by atoms with van der Waals surface area (Å²) in [5.74, 6) is 0.913. The van der Waals surface area contributed by atoms with Crippen LogP contribution in [0.5, 0.6) is 5.75 Å². The van der Waals surface area contributed by atoms with E-state index in [0.29, 0.717) is 0 Å². The molecule has 1 atom stereocenters. The molecule has 2 nitrogen and oxygen atoms in total. The van der Waals surface area contributed by atoms with Gasteiger partial charge in [0.25, 0.3) is 0 Å². The zero-order valence-corrected chi connectivity index (χ0v) is 11.3. The second-order valence-electron chi connectivity index (χ2n) is 4.74. The van der Waals surface area contributed by atoms with Crippen LogP contribution in [0.3, 0.4) is 0 Å². The molecule has 0 spiro atoms. The van der Waals surface area contributed by atoms with E-state index in [1.807, 2.05) is 25.1 Å². The predicted octanol–water partition coefficient (Wildman–Crippen LogP) is 3.56. The number of ether oxygens (including phenoxy) is 1. The molecular weight excluding hydrogens is 234 g/mol. The molecule has 94 valence electrons. The molecule has 1 aromatic rings. The van der Waals surface area contributed by atoms with Crippen LogP contribution in [0, 0.1) is 6.92 Å². The number of aryl methyl sites for hydroxylation is 1. The van der Waals surface area contributed by atoms with Gasteiger partial charge in [0.1, 0.15) is 11.9 Å². The first-order valence-electron chi connectivity index (χ1n) is 6.35. The summed E-state index contributed by atoms with van der Waals surface area (Å²) in [5, 5.41) is 4.30. The maximum absolute atomic E-state index is 5.99. The number of benzene rings is 1. The lowest BCUT2D eigenvalue weighted by atomic mass is 10.2. The van der Waals surface area contributed by atoms with Gasteiger partial charge in [-0.1, -0.05) is 18.5 Å². The molecule has 0 bridgehead atoms. The SMILES string of the molecule is CCC(CNC1CC1)Oc1ccc(Cl)c(C)c1. The Morgan fingerprint density at radius 3 is 2.82 bits per heavy atom. The highest BCUT2D eigenvalue weighted by atomic mass is 35.5. The van der Waals surface area contributed by atoms with Crippen molar-refractivity contribution in [1.29, 1.82) is 0 Å². The minimum absolute atomic E-state index is 0.246. The first-order chi connectivity index (χ1) is 8.19. The first kappa shape index (κ1) is 12.7. The largest absolute Gasteiger partial charge is 0.489 e. The van der Waals surface area contributed by atoms with Crippen LogP contribution in [0.25, 0.3) is 0 Å². The number of hydrogen-bond acceptors (Lipinski definition) is 2. The van der Waals surface area contributed by atoms with Crippen molar-refractivity contribution in [2.75, 3.05) is 6.54 Å². The standard InChI is InChI=1S/C14H20ClNO/c1-3-12(9-16-11-4-5-11)17-13-6-7-14(15)10(2)8-13/h6-8,11-12,16H,3-5,9H2,1-2H3. The maximum atomic E-state index is 5.99. The molecule has 0 heterocycles. The zero-order chi connectivity index (χ0) is 12.3. The van der Waals surface area contributed by atoms with Crippen molar-refractivity contribution in [3.05, 3.63) is 28.8 Å². The summed E-state index contributed by atoms with van der Waals surface area (Å²) in [6.45, 7) is 5.09. The Bertz CT molecular complexity index is 376. The van der Waals surface area contributed by atoms with E-state index in [1.54, 1.807) is 0 Å². The summed E-state index contributed by atoms with van der Waals surface area (Å²) in [5.41, 5.74) is 1.06. The minimum Gasteiger partial charge on any atom is -0.489 e. The van der Waals surface area contributed by atoms with Gasteiger partial charge in [-0.2, -0.15) is 0 Å². The third kappa shape index (κ3) is 3.90. The van der Waals surface area contributed by atoms with Gasteiger partial charge in [0.05, 0.1) is 0 Å². The van der Waals surface area contributed by atoms with Gasteiger partial charge < -0.3 is 10.1 Å². The van der Waals surface area contributed by atoms with Crippen molar-refractivity contribution in [2.24, 2.45) is 0 Å². The summed E-state index contributed by atoms with van der Waals surface area (Å²) >= 11 is 5.99. The average molecular weight is 254 g/mol. The highest BCUT2D eigenvalue weighted by Crippen LogP contribution is 2.23. The van der Waals surface area contributed by atoms with Crippen molar-refractivity contribution in [1.82, 2.24) is 5.32 Å². The van der Waals surface area contributed by atoms with Crippen LogP contribution < -0.4 is 10.1 Å². The van der Waals surface area contributed by atoms with E-state index in [2.05, 4.69) is 12.2 Å². The van der Waals surface area contributed by atoms with E-state index in [4.69, 9.17) is 16.3 Å². The normalized spacial score (nSPS) is 16.9. The second-order valence-corrected chi connectivity index (χ2v) is 5.15. The molecular formula is C14H20ClNO. The molecule has 0 aromatic heterocycles. The van der Waals surface area contributed by atoms with Gasteiger partial charge in [0.2, 0.25) is 0 Å². The van der Waals surface area contributed by atoms with Gasteiger partial charge in [0.15, 0.2) is 0 Å². The van der Waals surface area contributed by atoms with E-state index < -0.39 is 0 Å². The monoisotopic (exact) mass is 253 g/mol. The quantitative estimate of drug-likeness (QED) is 0.837. The Morgan fingerprint density at radius 1 is 1.47 bits per heavy atom. The van der Waals surface area contributed by atoms with E-state index in [0.717, 1.165) is 35.3 Å². The Labute approximate surface area is 108 Å². The molecule has 0 radical (unpaired) electrons. The van der Waals surface area contributed by atoms with Crippen LogP contribution in [0.2, 0.25) is 5.02 Å². The second kappa shape index (κ2) is 5.74. The predicted molar refractivity (Wildman–Crippen MR) is 71.9 cm³/mol. The molecule has 1 fully saturated rings. The number of halogens is 1. The summed E-state index contributed by atoms with van der Waals surface area (Å²) < 4.78 is 5.96. The third-order valence-electron chi connectivity index (χ3n) is 3.10. The molecule has 3 heteroatoms. The van der Waals surface area contributed by atoms with Crippen LogP contribution in [0.1, 0.15) is 31.7 Å². The average Bonchev–Trinajstić information content (AvgIpc) is 3.13. The molecule has 0 aliphatic heterocycles. The first-order valence-corrected chi connectivity index (χ1v) is 6.73. The van der Waals surface area contributed by atoms with Crippen molar-refractivity contribution >= 4 is 11.6 Å². The van der Waals surface area contributed by atoms with Gasteiger partial charge in [-0.15, -0.1) is 0 Å². The Kier molecular flexibility index (Phi) is 4.30. The van der Waals surface area contributed by atoms with Crippen LogP contribution in [-0.4, -0.2) is 18.7 Å². The molecule has 0 saturated heterocycles. The van der Waals surface area contributed by atoms with Gasteiger partial charge in [0, 0.05) is 17.6 Å². The lowest BCUT2D eigenvalue weighted by Crippen LogP contribution is -2.32. The Hall–Kier alpha value is -0.730. The van der Waals surface area contributed by atoms with Crippen molar-refractivity contribution in [3.8, 4) is 5.75 Å². The highest BCUT2D eigenvalue weighted by molar-refractivity contribution is 6.31. The summed E-state index contributed by atoms with van der Waals surface area (Å²) in [4.78, 5) is 0. The molecule has 17 heavy (non-hydrogen) atoms. The molecule has 1 aromatic carbocycles. The Balaban J connectivity index is 1.89. The Morgan fingerprint density at radius 2 is 2.24 bits per heavy atom. The van der Waals surface area contributed by atoms with Crippen LogP contribution in [-0.2, 0) is 0 Å². The van der Waals surface area contributed by atoms with Crippen molar-refractivity contribution < 1.29 is 4.74 Å². The van der Waals surface area contributed by atoms with Crippen molar-refractivity contribution in [2.45, 2.75) is 45.3 Å². The third-order valence-corrected chi connectivity index (χ3v) is 3.52. The molecule has 1 aliphatic rings. The highest BCUT2D eigenvalue weighted by Gasteiger charge is 2.21. The van der Waals surface area contributed by atoms with Crippen LogP contribution >= 0.6 is 11.6 Å². The van der Waals surface area contributed by atoms with Gasteiger partial charge >= 0.3 is 0 Å². The van der Waals surface area contributed by atoms with E-state index in [9.17, 15) is 0 Å². The summed E-state index contributed by atoms with van der Waals surface area (Å²) in [6, 6.07) is 6.57. The van der Waals surface area contributed by atoms with Crippen LogP contribution in [0.15, 0.2) is 18.2 Å². The molecule has 2 rings (SSSR count). The number of hydrogen-bond donors (Lipinski definition) is 1. The molecule has 1 saturated carbocycles. The zero-order valence-electron chi connectivity index (χ0n) is 10.5. The topological polar surface area (TPSA) is 21.3 Å².